The molecule has 2 aromatic carbocycles. The summed E-state index contributed by atoms with van der Waals surface area (Å²) in [5.74, 6) is 0. The van der Waals surface area contributed by atoms with Crippen molar-refractivity contribution in [3.8, 4) is 0 Å². The first-order valence-corrected chi connectivity index (χ1v) is 6.71. The Kier molecular flexibility index (Phi) is 3.51. The highest BCUT2D eigenvalue weighted by molar-refractivity contribution is 5.37. The van der Waals surface area contributed by atoms with Gasteiger partial charge in [-0.05, 0) is 29.0 Å². The highest BCUT2D eigenvalue weighted by atomic mass is 16.3. The number of benzene rings is 2. The van der Waals surface area contributed by atoms with Crippen LogP contribution in [0.3, 0.4) is 0 Å². The topological polar surface area (TPSA) is 20.2 Å². The second-order valence-corrected chi connectivity index (χ2v) is 6.27. The van der Waals surface area contributed by atoms with E-state index in [2.05, 4.69) is 32.9 Å². The molecule has 0 aliphatic heterocycles. The monoisotopic (exact) mass is 254 g/mol. The van der Waals surface area contributed by atoms with Crippen molar-refractivity contribution in [3.63, 3.8) is 0 Å². The molecule has 19 heavy (non-hydrogen) atoms. The largest absolute Gasteiger partial charge is 0.381 e. The molecule has 2 aromatic rings. The van der Waals surface area contributed by atoms with Crippen molar-refractivity contribution in [2.24, 2.45) is 0 Å². The van der Waals surface area contributed by atoms with Crippen molar-refractivity contribution in [1.29, 1.82) is 0 Å². The predicted molar refractivity (Wildman–Crippen MR) is 80.3 cm³/mol. The molecule has 0 aliphatic rings. The molecule has 1 heteroatoms. The predicted octanol–water partition coefficient (Wildman–Crippen LogP) is 4.24. The van der Waals surface area contributed by atoms with Gasteiger partial charge >= 0.3 is 0 Å². The van der Waals surface area contributed by atoms with Gasteiger partial charge in [0.15, 0.2) is 0 Å². The molecule has 2 rings (SSSR count). The summed E-state index contributed by atoms with van der Waals surface area (Å²) in [5, 5.41) is 10.8. The van der Waals surface area contributed by atoms with Crippen LogP contribution < -0.4 is 0 Å². The highest BCUT2D eigenvalue weighted by Crippen LogP contribution is 2.30. The Morgan fingerprint density at radius 3 is 1.53 bits per heavy atom. The smallest absolute Gasteiger partial charge is 0.112 e. The Hall–Kier alpha value is -1.60. The standard InChI is InChI=1S/C18H22O/c1-17(2,3)14-10-12-16(13-11-14)18(4,19)15-8-6-5-7-9-15/h5-13,19H,1-4H3. The molecule has 1 N–H and O–H groups in total. The first kappa shape index (κ1) is 13.8. The molecular weight excluding hydrogens is 232 g/mol. The first-order valence-electron chi connectivity index (χ1n) is 6.71. The lowest BCUT2D eigenvalue weighted by Crippen LogP contribution is -2.23. The molecule has 1 nitrogen and oxygen atoms in total. The fourth-order valence-corrected chi connectivity index (χ4v) is 2.22. The molecule has 0 saturated carbocycles. The average molecular weight is 254 g/mol. The van der Waals surface area contributed by atoms with Crippen molar-refractivity contribution in [1.82, 2.24) is 0 Å². The van der Waals surface area contributed by atoms with Crippen LogP contribution in [0.5, 0.6) is 0 Å². The van der Waals surface area contributed by atoms with E-state index in [1.165, 1.54) is 5.56 Å². The fraction of sp³-hybridized carbons (Fsp3) is 0.333. The van der Waals surface area contributed by atoms with Crippen molar-refractivity contribution >= 4 is 0 Å². The summed E-state index contributed by atoms with van der Waals surface area (Å²) < 4.78 is 0. The summed E-state index contributed by atoms with van der Waals surface area (Å²) >= 11 is 0. The van der Waals surface area contributed by atoms with Crippen LogP contribution in [0.4, 0.5) is 0 Å². The third-order valence-electron chi connectivity index (χ3n) is 3.65. The van der Waals surface area contributed by atoms with E-state index in [0.29, 0.717) is 0 Å². The lowest BCUT2D eigenvalue weighted by atomic mass is 9.83. The Bertz CT molecular complexity index is 530. The first-order chi connectivity index (χ1) is 8.82. The molecule has 1 unspecified atom stereocenters. The van der Waals surface area contributed by atoms with E-state index in [0.717, 1.165) is 11.1 Å². The minimum Gasteiger partial charge on any atom is -0.381 e. The zero-order chi connectivity index (χ0) is 14.1. The van der Waals surface area contributed by atoms with E-state index in [9.17, 15) is 5.11 Å². The molecule has 0 saturated heterocycles. The molecule has 0 radical (unpaired) electrons. The van der Waals surface area contributed by atoms with Gasteiger partial charge in [-0.2, -0.15) is 0 Å². The molecule has 0 aromatic heterocycles. The van der Waals surface area contributed by atoms with Gasteiger partial charge in [0, 0.05) is 0 Å². The second kappa shape index (κ2) is 4.82. The maximum Gasteiger partial charge on any atom is 0.112 e. The van der Waals surface area contributed by atoms with Crippen LogP contribution in [-0.2, 0) is 11.0 Å². The van der Waals surface area contributed by atoms with Gasteiger partial charge in [0.2, 0.25) is 0 Å². The summed E-state index contributed by atoms with van der Waals surface area (Å²) in [5.41, 5.74) is 2.31. The third kappa shape index (κ3) is 2.87. The summed E-state index contributed by atoms with van der Waals surface area (Å²) in [6.45, 7) is 8.42. The van der Waals surface area contributed by atoms with Gasteiger partial charge in [-0.3, -0.25) is 0 Å². The van der Waals surface area contributed by atoms with Crippen molar-refractivity contribution in [2.75, 3.05) is 0 Å². The third-order valence-corrected chi connectivity index (χ3v) is 3.65. The van der Waals surface area contributed by atoms with Crippen LogP contribution in [-0.4, -0.2) is 5.11 Å². The second-order valence-electron chi connectivity index (χ2n) is 6.27. The lowest BCUT2D eigenvalue weighted by Gasteiger charge is -2.26. The van der Waals surface area contributed by atoms with Gasteiger partial charge in [-0.25, -0.2) is 0 Å². The van der Waals surface area contributed by atoms with Gasteiger partial charge in [0.25, 0.3) is 0 Å². The summed E-state index contributed by atoms with van der Waals surface area (Å²) in [6, 6.07) is 18.0. The SMILES string of the molecule is CC(C)(C)c1ccc(C(C)(O)c2ccccc2)cc1. The van der Waals surface area contributed by atoms with Gasteiger partial charge in [-0.1, -0.05) is 75.4 Å². The molecular formula is C18H22O. The highest BCUT2D eigenvalue weighted by Gasteiger charge is 2.25. The summed E-state index contributed by atoms with van der Waals surface area (Å²) in [6.07, 6.45) is 0. The van der Waals surface area contributed by atoms with Gasteiger partial charge in [0.05, 0.1) is 0 Å². The van der Waals surface area contributed by atoms with Gasteiger partial charge < -0.3 is 5.11 Å². The molecule has 0 aliphatic carbocycles. The lowest BCUT2D eigenvalue weighted by molar-refractivity contribution is 0.102. The Morgan fingerprint density at radius 2 is 1.05 bits per heavy atom. The van der Waals surface area contributed by atoms with E-state index < -0.39 is 5.60 Å². The van der Waals surface area contributed by atoms with Crippen LogP contribution >= 0.6 is 0 Å². The molecule has 1 atom stereocenters. The minimum atomic E-state index is -0.947. The molecule has 0 amide bonds. The minimum absolute atomic E-state index is 0.136. The van der Waals surface area contributed by atoms with Gasteiger partial charge in [0.1, 0.15) is 5.60 Å². The van der Waals surface area contributed by atoms with E-state index in [1.54, 1.807) is 0 Å². The number of hydrogen-bond acceptors (Lipinski definition) is 1. The number of aliphatic hydroxyl groups is 1. The van der Waals surface area contributed by atoms with Crippen molar-refractivity contribution in [3.05, 3.63) is 71.3 Å². The van der Waals surface area contributed by atoms with Crippen LogP contribution in [0.1, 0.15) is 44.4 Å². The molecule has 0 spiro atoms. The summed E-state index contributed by atoms with van der Waals surface area (Å²) in [4.78, 5) is 0. The molecule has 0 heterocycles. The van der Waals surface area contributed by atoms with E-state index in [1.807, 2.05) is 49.4 Å². The van der Waals surface area contributed by atoms with E-state index >= 15 is 0 Å². The maximum absolute atomic E-state index is 10.8. The van der Waals surface area contributed by atoms with Crippen molar-refractivity contribution < 1.29 is 5.11 Å². The normalized spacial score (nSPS) is 15.0. The maximum atomic E-state index is 10.8. The molecule has 0 bridgehead atoms. The van der Waals surface area contributed by atoms with Gasteiger partial charge in [-0.15, -0.1) is 0 Å². The zero-order valence-corrected chi connectivity index (χ0v) is 12.1. The number of rotatable bonds is 2. The molecule has 100 valence electrons. The Balaban J connectivity index is 2.37. The van der Waals surface area contributed by atoms with Crippen molar-refractivity contribution in [2.45, 2.75) is 38.7 Å². The van der Waals surface area contributed by atoms with Crippen LogP contribution in [0.25, 0.3) is 0 Å². The van der Waals surface area contributed by atoms with Crippen LogP contribution in [0.15, 0.2) is 54.6 Å². The quantitative estimate of drug-likeness (QED) is 0.850. The van der Waals surface area contributed by atoms with E-state index in [4.69, 9.17) is 0 Å². The fourth-order valence-electron chi connectivity index (χ4n) is 2.22. The van der Waals surface area contributed by atoms with Crippen LogP contribution in [0, 0.1) is 0 Å². The van der Waals surface area contributed by atoms with E-state index in [-0.39, 0.29) is 5.41 Å². The number of hydrogen-bond donors (Lipinski definition) is 1. The van der Waals surface area contributed by atoms with Crippen LogP contribution in [0.2, 0.25) is 0 Å². The molecule has 0 fully saturated rings. The average Bonchev–Trinajstić information content (AvgIpc) is 2.39. The zero-order valence-electron chi connectivity index (χ0n) is 12.1. The summed E-state index contributed by atoms with van der Waals surface area (Å²) in [7, 11) is 0. The Labute approximate surface area is 115 Å². The Morgan fingerprint density at radius 1 is 0.632 bits per heavy atom.